The van der Waals surface area contributed by atoms with Gasteiger partial charge in [-0.3, -0.25) is 9.59 Å². The average Bonchev–Trinajstić information content (AvgIpc) is 2.43. The SMILES string of the molecule is O=C(CCCCl)Oc1cccc(OC(=O)CCCCl)c1. The van der Waals surface area contributed by atoms with Gasteiger partial charge in [0, 0.05) is 30.7 Å². The molecule has 0 fully saturated rings. The molecule has 4 nitrogen and oxygen atoms in total. The van der Waals surface area contributed by atoms with Crippen LogP contribution in [0.15, 0.2) is 24.3 Å². The topological polar surface area (TPSA) is 52.6 Å². The predicted molar refractivity (Wildman–Crippen MR) is 77.6 cm³/mol. The lowest BCUT2D eigenvalue weighted by Gasteiger charge is -2.07. The summed E-state index contributed by atoms with van der Waals surface area (Å²) in [6.45, 7) is 0. The number of hydrogen-bond acceptors (Lipinski definition) is 4. The van der Waals surface area contributed by atoms with Crippen LogP contribution < -0.4 is 9.47 Å². The van der Waals surface area contributed by atoms with Crippen LogP contribution in [-0.2, 0) is 9.59 Å². The molecular formula is C14H16Cl2O4. The number of carbonyl (C=O) groups excluding carboxylic acids is 2. The number of hydrogen-bond donors (Lipinski definition) is 0. The van der Waals surface area contributed by atoms with Crippen molar-refractivity contribution < 1.29 is 19.1 Å². The summed E-state index contributed by atoms with van der Waals surface area (Å²) in [5.41, 5.74) is 0. The van der Waals surface area contributed by atoms with Gasteiger partial charge in [0.2, 0.25) is 0 Å². The Hall–Kier alpha value is -1.26. The Balaban J connectivity index is 2.52. The van der Waals surface area contributed by atoms with Crippen LogP contribution in [0.1, 0.15) is 25.7 Å². The van der Waals surface area contributed by atoms with E-state index in [-0.39, 0.29) is 24.8 Å². The molecule has 0 aliphatic rings. The molecule has 0 saturated heterocycles. The first kappa shape index (κ1) is 16.8. The summed E-state index contributed by atoms with van der Waals surface area (Å²) in [4.78, 5) is 22.9. The normalized spacial score (nSPS) is 10.1. The molecule has 0 atom stereocenters. The van der Waals surface area contributed by atoms with Crippen molar-refractivity contribution in [2.45, 2.75) is 25.7 Å². The van der Waals surface area contributed by atoms with Gasteiger partial charge in [-0.1, -0.05) is 6.07 Å². The van der Waals surface area contributed by atoms with Crippen LogP contribution in [0.4, 0.5) is 0 Å². The number of rotatable bonds is 8. The van der Waals surface area contributed by atoms with Gasteiger partial charge in [0.05, 0.1) is 0 Å². The van der Waals surface area contributed by atoms with E-state index in [0.717, 1.165) is 0 Å². The minimum Gasteiger partial charge on any atom is -0.426 e. The average molecular weight is 319 g/mol. The molecule has 0 N–H and O–H groups in total. The van der Waals surface area contributed by atoms with Crippen LogP contribution in [0.2, 0.25) is 0 Å². The summed E-state index contributed by atoms with van der Waals surface area (Å²) in [5, 5.41) is 0. The van der Waals surface area contributed by atoms with E-state index in [4.69, 9.17) is 32.7 Å². The van der Waals surface area contributed by atoms with Crippen LogP contribution in [0, 0.1) is 0 Å². The molecule has 0 aliphatic carbocycles. The zero-order chi connectivity index (χ0) is 14.8. The molecule has 0 aliphatic heterocycles. The molecule has 1 aromatic carbocycles. The Morgan fingerprint density at radius 1 is 0.900 bits per heavy atom. The molecule has 6 heteroatoms. The molecule has 1 aromatic rings. The summed E-state index contributed by atoms with van der Waals surface area (Å²) >= 11 is 11.0. The lowest BCUT2D eigenvalue weighted by molar-refractivity contribution is -0.134. The zero-order valence-electron chi connectivity index (χ0n) is 10.9. The summed E-state index contributed by atoms with van der Waals surface area (Å²) in [5.74, 6) is 0.771. The van der Waals surface area contributed by atoms with E-state index in [1.54, 1.807) is 18.2 Å². The molecule has 0 amide bonds. The minimum atomic E-state index is -0.365. The van der Waals surface area contributed by atoms with E-state index < -0.39 is 0 Å². The first-order valence-corrected chi connectivity index (χ1v) is 7.36. The van der Waals surface area contributed by atoms with Crippen molar-refractivity contribution in [2.75, 3.05) is 11.8 Å². The summed E-state index contributed by atoms with van der Waals surface area (Å²) in [6, 6.07) is 6.38. The smallest absolute Gasteiger partial charge is 0.311 e. The van der Waals surface area contributed by atoms with Crippen molar-refractivity contribution in [3.8, 4) is 11.5 Å². The van der Waals surface area contributed by atoms with Crippen LogP contribution in [0.3, 0.4) is 0 Å². The maximum atomic E-state index is 11.4. The second kappa shape index (κ2) is 9.61. The Morgan fingerprint density at radius 2 is 1.35 bits per heavy atom. The minimum absolute atomic E-state index is 0.253. The van der Waals surface area contributed by atoms with Crippen LogP contribution in [-0.4, -0.2) is 23.7 Å². The molecule has 0 saturated carbocycles. The molecule has 1 rings (SSSR count). The molecule has 0 spiro atoms. The van der Waals surface area contributed by atoms with Crippen LogP contribution in [0.5, 0.6) is 11.5 Å². The highest BCUT2D eigenvalue weighted by Gasteiger charge is 2.08. The lowest BCUT2D eigenvalue weighted by atomic mass is 10.3. The maximum absolute atomic E-state index is 11.4. The van der Waals surface area contributed by atoms with E-state index in [1.165, 1.54) is 6.07 Å². The van der Waals surface area contributed by atoms with Gasteiger partial charge in [-0.25, -0.2) is 0 Å². The van der Waals surface area contributed by atoms with Crippen molar-refractivity contribution in [1.82, 2.24) is 0 Å². The Morgan fingerprint density at radius 3 is 1.75 bits per heavy atom. The third-order valence-corrected chi connectivity index (χ3v) is 2.83. The number of carbonyl (C=O) groups is 2. The van der Waals surface area contributed by atoms with Gasteiger partial charge < -0.3 is 9.47 Å². The molecule has 110 valence electrons. The fourth-order valence-electron chi connectivity index (χ4n) is 1.39. The van der Waals surface area contributed by atoms with Gasteiger partial charge in [-0.2, -0.15) is 0 Å². The number of benzene rings is 1. The number of halogens is 2. The third kappa shape index (κ3) is 6.78. The number of esters is 2. The first-order valence-electron chi connectivity index (χ1n) is 6.29. The highest BCUT2D eigenvalue weighted by molar-refractivity contribution is 6.18. The molecule has 0 unspecified atom stereocenters. The predicted octanol–water partition coefficient (Wildman–Crippen LogP) is 3.54. The van der Waals surface area contributed by atoms with E-state index in [1.807, 2.05) is 0 Å². The van der Waals surface area contributed by atoms with Gasteiger partial charge in [0.1, 0.15) is 11.5 Å². The van der Waals surface area contributed by atoms with E-state index in [0.29, 0.717) is 36.1 Å². The summed E-state index contributed by atoms with van der Waals surface area (Å²) in [6.07, 6.45) is 1.63. The third-order valence-electron chi connectivity index (χ3n) is 2.30. The standard InChI is InChI=1S/C14H16Cl2O4/c15-8-2-6-13(17)19-11-4-1-5-12(10-11)20-14(18)7-3-9-16/h1,4-5,10H,2-3,6-9H2. The molecular weight excluding hydrogens is 303 g/mol. The van der Waals surface area contributed by atoms with Gasteiger partial charge in [0.25, 0.3) is 0 Å². The fourth-order valence-corrected chi connectivity index (χ4v) is 1.66. The second-order valence-electron chi connectivity index (χ2n) is 4.01. The fraction of sp³-hybridized carbons (Fsp3) is 0.429. The Bertz CT molecular complexity index is 411. The van der Waals surface area contributed by atoms with E-state index >= 15 is 0 Å². The molecule has 0 heterocycles. The Kier molecular flexibility index (Phi) is 8.07. The van der Waals surface area contributed by atoms with Crippen molar-refractivity contribution in [2.24, 2.45) is 0 Å². The molecule has 0 radical (unpaired) electrons. The van der Waals surface area contributed by atoms with Crippen molar-refractivity contribution in [3.63, 3.8) is 0 Å². The quantitative estimate of drug-likeness (QED) is 0.418. The van der Waals surface area contributed by atoms with Gasteiger partial charge in [0.15, 0.2) is 0 Å². The summed E-state index contributed by atoms with van der Waals surface area (Å²) < 4.78 is 10.2. The maximum Gasteiger partial charge on any atom is 0.311 e. The number of alkyl halides is 2. The van der Waals surface area contributed by atoms with Gasteiger partial charge >= 0.3 is 11.9 Å². The van der Waals surface area contributed by atoms with Crippen molar-refractivity contribution >= 4 is 35.1 Å². The van der Waals surface area contributed by atoms with Crippen LogP contribution in [0.25, 0.3) is 0 Å². The highest BCUT2D eigenvalue weighted by atomic mass is 35.5. The summed E-state index contributed by atoms with van der Waals surface area (Å²) in [7, 11) is 0. The number of ether oxygens (including phenoxy) is 2. The van der Waals surface area contributed by atoms with Crippen molar-refractivity contribution in [3.05, 3.63) is 24.3 Å². The highest BCUT2D eigenvalue weighted by Crippen LogP contribution is 2.20. The zero-order valence-corrected chi connectivity index (χ0v) is 12.5. The molecule has 0 aromatic heterocycles. The van der Waals surface area contributed by atoms with Crippen molar-refractivity contribution in [1.29, 1.82) is 0 Å². The molecule has 0 bridgehead atoms. The largest absolute Gasteiger partial charge is 0.426 e. The van der Waals surface area contributed by atoms with Gasteiger partial charge in [-0.05, 0) is 25.0 Å². The van der Waals surface area contributed by atoms with E-state index in [9.17, 15) is 9.59 Å². The van der Waals surface area contributed by atoms with E-state index in [2.05, 4.69) is 0 Å². The van der Waals surface area contributed by atoms with Crippen LogP contribution >= 0.6 is 23.2 Å². The monoisotopic (exact) mass is 318 g/mol. The second-order valence-corrected chi connectivity index (χ2v) is 4.76. The van der Waals surface area contributed by atoms with Gasteiger partial charge in [-0.15, -0.1) is 23.2 Å². The molecule has 20 heavy (non-hydrogen) atoms. The first-order chi connectivity index (χ1) is 9.65. The lowest BCUT2D eigenvalue weighted by Crippen LogP contribution is -2.09. The Labute approximate surface area is 128 Å².